The van der Waals surface area contributed by atoms with Crippen molar-refractivity contribution < 1.29 is 18.4 Å². The Kier molecular flexibility index (Phi) is 4.57. The molecule has 0 aliphatic heterocycles. The molecular formula is C21H19N3O4. The molecule has 2 aromatic carbocycles. The first-order chi connectivity index (χ1) is 13.5. The molecule has 1 N–H and O–H groups in total. The fraction of sp³-hybridized carbons (Fsp3) is 0.190. The van der Waals surface area contributed by atoms with Crippen molar-refractivity contribution in [3.05, 3.63) is 59.4 Å². The third-order valence-electron chi connectivity index (χ3n) is 4.15. The topological polar surface area (TPSA) is 90.4 Å². The molecule has 0 unspecified atom stereocenters. The molecule has 2 heterocycles. The Morgan fingerprint density at radius 1 is 1.07 bits per heavy atom. The summed E-state index contributed by atoms with van der Waals surface area (Å²) in [6.45, 7) is 6.38. The van der Waals surface area contributed by atoms with Gasteiger partial charge in [0.25, 0.3) is 5.91 Å². The van der Waals surface area contributed by atoms with Crippen LogP contribution in [0.2, 0.25) is 0 Å². The summed E-state index contributed by atoms with van der Waals surface area (Å²) in [5, 5.41) is 11.3. The third kappa shape index (κ3) is 3.46. The van der Waals surface area contributed by atoms with E-state index < -0.39 is 5.91 Å². The van der Waals surface area contributed by atoms with Crippen molar-refractivity contribution in [2.75, 3.05) is 11.9 Å². The summed E-state index contributed by atoms with van der Waals surface area (Å²) in [6.07, 6.45) is 0. The van der Waals surface area contributed by atoms with Crippen LogP contribution >= 0.6 is 0 Å². The molecule has 0 spiro atoms. The summed E-state index contributed by atoms with van der Waals surface area (Å²) < 4.78 is 16.8. The molecule has 0 aliphatic rings. The van der Waals surface area contributed by atoms with Gasteiger partial charge < -0.3 is 13.6 Å². The number of para-hydroxylation sites is 1. The van der Waals surface area contributed by atoms with Gasteiger partial charge in [0.15, 0.2) is 17.1 Å². The number of ether oxygens (including phenoxy) is 1. The predicted octanol–water partition coefficient (Wildman–Crippen LogP) is 4.75. The lowest BCUT2D eigenvalue weighted by molar-refractivity contribution is 0.0995. The van der Waals surface area contributed by atoms with Gasteiger partial charge in [0.1, 0.15) is 0 Å². The van der Waals surface area contributed by atoms with Crippen molar-refractivity contribution in [1.29, 1.82) is 0 Å². The molecule has 0 saturated carbocycles. The number of carbonyl (C=O) groups excluding carboxylic acids is 1. The number of nitrogens with one attached hydrogen (secondary N) is 1. The van der Waals surface area contributed by atoms with Gasteiger partial charge in [-0.2, -0.15) is 0 Å². The highest BCUT2D eigenvalue weighted by Gasteiger charge is 2.18. The van der Waals surface area contributed by atoms with E-state index in [9.17, 15) is 4.79 Å². The van der Waals surface area contributed by atoms with Crippen LogP contribution in [0.3, 0.4) is 0 Å². The molecule has 4 aromatic rings. The lowest BCUT2D eigenvalue weighted by Gasteiger charge is -2.02. The number of rotatable bonds is 5. The van der Waals surface area contributed by atoms with Gasteiger partial charge in [-0.05, 0) is 45.0 Å². The third-order valence-corrected chi connectivity index (χ3v) is 4.15. The molecule has 0 bridgehead atoms. The van der Waals surface area contributed by atoms with E-state index in [-0.39, 0.29) is 11.8 Å². The zero-order valence-corrected chi connectivity index (χ0v) is 15.8. The number of hydrogen-bond acceptors (Lipinski definition) is 6. The minimum Gasteiger partial charge on any atom is -0.490 e. The molecule has 28 heavy (non-hydrogen) atoms. The zero-order chi connectivity index (χ0) is 19.7. The van der Waals surface area contributed by atoms with Crippen molar-refractivity contribution in [2.24, 2.45) is 0 Å². The highest BCUT2D eigenvalue weighted by atomic mass is 16.5. The molecule has 7 nitrogen and oxygen atoms in total. The normalized spacial score (nSPS) is 11.0. The maximum absolute atomic E-state index is 12.5. The number of hydrogen-bond donors (Lipinski definition) is 1. The standard InChI is InChI=1S/C21H19N3O4/c1-4-26-16-7-5-6-14-11-17(27-18(14)16)19(25)22-21-24-23-20(28-21)15-9-12(2)8-13(3)10-15/h5-11H,4H2,1-3H3,(H,22,24,25). The number of carbonyl (C=O) groups is 1. The number of fused-ring (bicyclic) bond motifs is 1. The first kappa shape index (κ1) is 17.8. The van der Waals surface area contributed by atoms with Gasteiger partial charge in [-0.3, -0.25) is 10.1 Å². The SMILES string of the molecule is CCOc1cccc2cc(C(=O)Nc3nnc(-c4cc(C)cc(C)c4)o3)oc12. The molecule has 1 amide bonds. The lowest BCUT2D eigenvalue weighted by Crippen LogP contribution is -2.10. The quantitative estimate of drug-likeness (QED) is 0.540. The van der Waals surface area contributed by atoms with E-state index in [1.54, 1.807) is 12.1 Å². The van der Waals surface area contributed by atoms with Crippen molar-refractivity contribution in [2.45, 2.75) is 20.8 Å². The Hall–Kier alpha value is -3.61. The van der Waals surface area contributed by atoms with Crippen LogP contribution in [0.25, 0.3) is 22.4 Å². The van der Waals surface area contributed by atoms with Gasteiger partial charge in [0, 0.05) is 10.9 Å². The predicted molar refractivity (Wildman–Crippen MR) is 105 cm³/mol. The second kappa shape index (κ2) is 7.19. The van der Waals surface area contributed by atoms with E-state index in [4.69, 9.17) is 13.6 Å². The summed E-state index contributed by atoms with van der Waals surface area (Å²) in [5.41, 5.74) is 3.50. The maximum Gasteiger partial charge on any atom is 0.322 e. The van der Waals surface area contributed by atoms with Gasteiger partial charge in [-0.25, -0.2) is 0 Å². The van der Waals surface area contributed by atoms with E-state index in [1.807, 2.05) is 45.0 Å². The van der Waals surface area contributed by atoms with Crippen molar-refractivity contribution in [3.63, 3.8) is 0 Å². The number of aromatic nitrogens is 2. The van der Waals surface area contributed by atoms with Crippen LogP contribution in [0.5, 0.6) is 5.75 Å². The van der Waals surface area contributed by atoms with Crippen molar-refractivity contribution in [1.82, 2.24) is 10.2 Å². The second-order valence-electron chi connectivity index (χ2n) is 6.46. The summed E-state index contributed by atoms with van der Waals surface area (Å²) in [4.78, 5) is 12.5. The largest absolute Gasteiger partial charge is 0.490 e. The Balaban J connectivity index is 1.57. The van der Waals surface area contributed by atoms with Crippen molar-refractivity contribution >= 4 is 22.9 Å². The number of anilines is 1. The minimum atomic E-state index is -0.478. The molecule has 7 heteroatoms. The van der Waals surface area contributed by atoms with Crippen molar-refractivity contribution in [3.8, 4) is 17.2 Å². The van der Waals surface area contributed by atoms with E-state index in [2.05, 4.69) is 21.6 Å². The van der Waals surface area contributed by atoms with Crippen LogP contribution in [-0.4, -0.2) is 22.7 Å². The first-order valence-corrected chi connectivity index (χ1v) is 8.92. The monoisotopic (exact) mass is 377 g/mol. The average molecular weight is 377 g/mol. The number of amides is 1. The van der Waals surface area contributed by atoms with E-state index >= 15 is 0 Å². The second-order valence-corrected chi connectivity index (χ2v) is 6.46. The molecule has 0 fully saturated rings. The van der Waals surface area contributed by atoms with Crippen LogP contribution < -0.4 is 10.1 Å². The average Bonchev–Trinajstić information content (AvgIpc) is 3.28. The van der Waals surface area contributed by atoms with Crippen LogP contribution in [0.4, 0.5) is 6.01 Å². The van der Waals surface area contributed by atoms with Gasteiger partial charge in [0.05, 0.1) is 6.61 Å². The summed E-state index contributed by atoms with van der Waals surface area (Å²) in [7, 11) is 0. The van der Waals surface area contributed by atoms with E-state index in [1.165, 1.54) is 0 Å². The van der Waals surface area contributed by atoms with E-state index in [0.29, 0.717) is 23.8 Å². The minimum absolute atomic E-state index is 0.00430. The van der Waals surface area contributed by atoms with Crippen LogP contribution in [0.1, 0.15) is 28.6 Å². The Bertz CT molecular complexity index is 1140. The number of aryl methyl sites for hydroxylation is 2. The number of benzene rings is 2. The molecule has 2 aromatic heterocycles. The number of furan rings is 1. The van der Waals surface area contributed by atoms with Gasteiger partial charge in [-0.1, -0.05) is 34.4 Å². The van der Waals surface area contributed by atoms with Crippen LogP contribution in [0.15, 0.2) is 51.3 Å². The fourth-order valence-electron chi connectivity index (χ4n) is 3.06. The fourth-order valence-corrected chi connectivity index (χ4v) is 3.06. The maximum atomic E-state index is 12.5. The number of nitrogens with zero attached hydrogens (tertiary/aromatic N) is 2. The summed E-state index contributed by atoms with van der Waals surface area (Å²) in [5.74, 6) is 0.585. The molecule has 0 saturated heterocycles. The smallest absolute Gasteiger partial charge is 0.322 e. The molecule has 0 aliphatic carbocycles. The molecule has 142 valence electrons. The van der Waals surface area contributed by atoms with Gasteiger partial charge in [0.2, 0.25) is 5.89 Å². The van der Waals surface area contributed by atoms with Gasteiger partial charge >= 0.3 is 6.01 Å². The molecule has 0 atom stereocenters. The molecule has 0 radical (unpaired) electrons. The lowest BCUT2D eigenvalue weighted by atomic mass is 10.1. The zero-order valence-electron chi connectivity index (χ0n) is 15.8. The Morgan fingerprint density at radius 3 is 2.61 bits per heavy atom. The van der Waals surface area contributed by atoms with Gasteiger partial charge in [-0.15, -0.1) is 5.10 Å². The summed E-state index contributed by atoms with van der Waals surface area (Å²) in [6, 6.07) is 13.1. The first-order valence-electron chi connectivity index (χ1n) is 8.92. The van der Waals surface area contributed by atoms with Crippen LogP contribution in [0, 0.1) is 13.8 Å². The van der Waals surface area contributed by atoms with Crippen LogP contribution in [-0.2, 0) is 0 Å². The Labute approximate surface area is 161 Å². The highest BCUT2D eigenvalue weighted by Crippen LogP contribution is 2.29. The molecule has 4 rings (SSSR count). The molecular weight excluding hydrogens is 358 g/mol. The van der Waals surface area contributed by atoms with E-state index in [0.717, 1.165) is 22.1 Å². The Morgan fingerprint density at radius 2 is 1.86 bits per heavy atom. The summed E-state index contributed by atoms with van der Waals surface area (Å²) >= 11 is 0. The highest BCUT2D eigenvalue weighted by molar-refractivity contribution is 6.04.